The van der Waals surface area contributed by atoms with E-state index < -0.39 is 11.4 Å². The number of aryl methyl sites for hydroxylation is 2. The summed E-state index contributed by atoms with van der Waals surface area (Å²) in [6.45, 7) is 8.90. The summed E-state index contributed by atoms with van der Waals surface area (Å²) in [7, 11) is 0. The molecule has 0 aromatic carbocycles. The van der Waals surface area contributed by atoms with Gasteiger partial charge in [-0.05, 0) is 40.7 Å². The summed E-state index contributed by atoms with van der Waals surface area (Å²) < 4.78 is 4.92. The van der Waals surface area contributed by atoms with E-state index in [0.717, 1.165) is 11.4 Å². The topological polar surface area (TPSA) is 69.2 Å². The van der Waals surface area contributed by atoms with E-state index in [1.54, 1.807) is 20.8 Å². The molecule has 5 nitrogen and oxygen atoms in total. The number of ether oxygens (including phenoxy) is 1. The van der Waals surface area contributed by atoms with Crippen molar-refractivity contribution in [1.29, 1.82) is 0 Å². The Morgan fingerprint density at radius 2 is 1.80 bits per heavy atom. The van der Waals surface area contributed by atoms with Crippen LogP contribution in [-0.4, -0.2) is 34.1 Å². The predicted molar refractivity (Wildman–Crippen MR) is 77.7 cm³/mol. The first-order valence-corrected chi connectivity index (χ1v) is 7.41. The third-order valence-electron chi connectivity index (χ3n) is 2.78. The average molecular weight is 296 g/mol. The van der Waals surface area contributed by atoms with Gasteiger partial charge in [0.2, 0.25) is 0 Å². The molecule has 0 unspecified atom stereocenters. The van der Waals surface area contributed by atoms with Crippen LogP contribution in [0, 0.1) is 19.3 Å². The minimum atomic E-state index is -1.14. The number of nitrogens with zero attached hydrogens (tertiary/aromatic N) is 2. The zero-order chi connectivity index (χ0) is 15.3. The van der Waals surface area contributed by atoms with Crippen LogP contribution in [0.4, 0.5) is 0 Å². The largest absolute Gasteiger partial charge is 0.465 e. The lowest BCUT2D eigenvalue weighted by atomic mass is 9.89. The molecule has 1 aromatic heterocycles. The molecular formula is C14H20N2O3S. The van der Waals surface area contributed by atoms with Crippen molar-refractivity contribution in [1.82, 2.24) is 9.97 Å². The number of hydrogen-bond donors (Lipinski definition) is 0. The predicted octanol–water partition coefficient (Wildman–Crippen LogP) is 2.34. The highest BCUT2D eigenvalue weighted by atomic mass is 32.2. The molecule has 1 rings (SSSR count). The van der Waals surface area contributed by atoms with Crippen molar-refractivity contribution in [3.63, 3.8) is 0 Å². The van der Waals surface area contributed by atoms with Gasteiger partial charge in [-0.25, -0.2) is 9.97 Å². The number of ketones is 1. The highest BCUT2D eigenvalue weighted by Crippen LogP contribution is 2.23. The molecule has 0 spiro atoms. The summed E-state index contributed by atoms with van der Waals surface area (Å²) in [4.78, 5) is 32.4. The second kappa shape index (κ2) is 6.83. The van der Waals surface area contributed by atoms with Gasteiger partial charge in [-0.2, -0.15) is 0 Å². The van der Waals surface area contributed by atoms with Crippen LogP contribution < -0.4 is 0 Å². The van der Waals surface area contributed by atoms with E-state index >= 15 is 0 Å². The maximum Gasteiger partial charge on any atom is 0.319 e. The third-order valence-corrected chi connectivity index (χ3v) is 3.62. The summed E-state index contributed by atoms with van der Waals surface area (Å²) in [6.07, 6.45) is 0. The van der Waals surface area contributed by atoms with Gasteiger partial charge in [0, 0.05) is 11.4 Å². The Labute approximate surface area is 123 Å². The Morgan fingerprint density at radius 1 is 1.25 bits per heavy atom. The number of aromatic nitrogens is 2. The summed E-state index contributed by atoms with van der Waals surface area (Å²) in [5.74, 6) is -0.537. The van der Waals surface area contributed by atoms with E-state index in [9.17, 15) is 9.59 Å². The van der Waals surface area contributed by atoms with Gasteiger partial charge < -0.3 is 4.74 Å². The van der Waals surface area contributed by atoms with Gasteiger partial charge in [-0.15, -0.1) is 0 Å². The summed E-state index contributed by atoms with van der Waals surface area (Å²) in [6, 6.07) is 1.87. The quantitative estimate of drug-likeness (QED) is 0.347. The molecule has 0 aliphatic rings. The van der Waals surface area contributed by atoms with Crippen molar-refractivity contribution in [2.75, 3.05) is 12.4 Å². The van der Waals surface area contributed by atoms with Crippen molar-refractivity contribution in [2.45, 2.75) is 39.8 Å². The molecule has 6 heteroatoms. The maximum absolute atomic E-state index is 12.1. The molecular weight excluding hydrogens is 276 g/mol. The van der Waals surface area contributed by atoms with Gasteiger partial charge in [0.15, 0.2) is 10.9 Å². The lowest BCUT2D eigenvalue weighted by molar-refractivity contribution is -0.157. The first-order chi connectivity index (χ1) is 9.27. The Balaban J connectivity index is 2.69. The lowest BCUT2D eigenvalue weighted by Gasteiger charge is -2.20. The number of hydrogen-bond acceptors (Lipinski definition) is 6. The number of carbonyl (C=O) groups is 2. The normalized spacial score (nSPS) is 11.2. The van der Waals surface area contributed by atoms with E-state index in [-0.39, 0.29) is 18.1 Å². The van der Waals surface area contributed by atoms with Gasteiger partial charge in [0.05, 0.1) is 12.4 Å². The standard InChI is InChI=1S/C14H20N2O3S/c1-6-19-12(18)14(4,5)11(17)8-20-13-15-9(2)7-10(3)16-13/h7H,6,8H2,1-5H3. The van der Waals surface area contributed by atoms with E-state index in [1.165, 1.54) is 11.8 Å². The highest BCUT2D eigenvalue weighted by molar-refractivity contribution is 7.99. The van der Waals surface area contributed by atoms with Crippen molar-refractivity contribution in [3.05, 3.63) is 17.5 Å². The molecule has 1 heterocycles. The van der Waals surface area contributed by atoms with E-state index in [1.807, 2.05) is 19.9 Å². The Morgan fingerprint density at radius 3 is 2.30 bits per heavy atom. The second-order valence-electron chi connectivity index (χ2n) is 4.99. The Hall–Kier alpha value is -1.43. The molecule has 0 saturated carbocycles. The van der Waals surface area contributed by atoms with Gasteiger partial charge in [-0.1, -0.05) is 11.8 Å². The summed E-state index contributed by atoms with van der Waals surface area (Å²) in [5, 5.41) is 0.551. The number of Topliss-reactive ketones (excluding diaryl/α,β-unsaturated/α-hetero) is 1. The molecule has 0 amide bonds. The van der Waals surface area contributed by atoms with E-state index in [0.29, 0.717) is 5.16 Å². The fourth-order valence-electron chi connectivity index (χ4n) is 1.49. The van der Waals surface area contributed by atoms with Crippen LogP contribution in [-0.2, 0) is 14.3 Å². The van der Waals surface area contributed by atoms with Crippen LogP contribution in [0.2, 0.25) is 0 Å². The molecule has 110 valence electrons. The number of carbonyl (C=O) groups excluding carboxylic acids is 2. The van der Waals surface area contributed by atoms with Gasteiger partial charge in [0.1, 0.15) is 5.41 Å². The molecule has 0 atom stereocenters. The smallest absolute Gasteiger partial charge is 0.319 e. The van der Waals surface area contributed by atoms with Crippen LogP contribution in [0.25, 0.3) is 0 Å². The minimum Gasteiger partial charge on any atom is -0.465 e. The van der Waals surface area contributed by atoms with Crippen LogP contribution in [0.3, 0.4) is 0 Å². The SMILES string of the molecule is CCOC(=O)C(C)(C)C(=O)CSc1nc(C)cc(C)n1. The number of thioether (sulfide) groups is 1. The van der Waals surface area contributed by atoms with Crippen LogP contribution in [0.1, 0.15) is 32.2 Å². The first kappa shape index (κ1) is 16.6. The minimum absolute atomic E-state index is 0.148. The van der Waals surface area contributed by atoms with E-state index in [4.69, 9.17) is 4.74 Å². The maximum atomic E-state index is 12.1. The zero-order valence-corrected chi connectivity index (χ0v) is 13.3. The molecule has 0 aliphatic heterocycles. The van der Waals surface area contributed by atoms with Gasteiger partial charge in [-0.3, -0.25) is 9.59 Å². The molecule has 0 fully saturated rings. The van der Waals surface area contributed by atoms with Crippen LogP contribution >= 0.6 is 11.8 Å². The van der Waals surface area contributed by atoms with E-state index in [2.05, 4.69) is 9.97 Å². The van der Waals surface area contributed by atoms with Gasteiger partial charge in [0.25, 0.3) is 0 Å². The molecule has 1 aromatic rings. The first-order valence-electron chi connectivity index (χ1n) is 6.43. The summed E-state index contributed by atoms with van der Waals surface area (Å²) in [5.41, 5.74) is 0.580. The molecule has 0 saturated heterocycles. The Bertz CT molecular complexity index is 495. The van der Waals surface area contributed by atoms with Crippen molar-refractivity contribution in [3.8, 4) is 0 Å². The highest BCUT2D eigenvalue weighted by Gasteiger charge is 2.37. The fourth-order valence-corrected chi connectivity index (χ4v) is 2.53. The average Bonchev–Trinajstić information content (AvgIpc) is 2.34. The number of rotatable bonds is 6. The number of esters is 1. The van der Waals surface area contributed by atoms with Crippen molar-refractivity contribution in [2.24, 2.45) is 5.41 Å². The lowest BCUT2D eigenvalue weighted by Crippen LogP contribution is -2.36. The molecule has 20 heavy (non-hydrogen) atoms. The van der Waals surface area contributed by atoms with Crippen molar-refractivity contribution >= 4 is 23.5 Å². The third kappa shape index (κ3) is 4.30. The van der Waals surface area contributed by atoms with Crippen LogP contribution in [0.15, 0.2) is 11.2 Å². The molecule has 0 aliphatic carbocycles. The summed E-state index contributed by atoms with van der Waals surface area (Å²) >= 11 is 1.24. The van der Waals surface area contributed by atoms with Gasteiger partial charge >= 0.3 is 5.97 Å². The second-order valence-corrected chi connectivity index (χ2v) is 5.93. The molecule has 0 radical (unpaired) electrons. The Kier molecular flexibility index (Phi) is 5.68. The zero-order valence-electron chi connectivity index (χ0n) is 12.5. The fraction of sp³-hybridized carbons (Fsp3) is 0.571. The van der Waals surface area contributed by atoms with Crippen molar-refractivity contribution < 1.29 is 14.3 Å². The molecule has 0 bridgehead atoms. The monoisotopic (exact) mass is 296 g/mol. The molecule has 0 N–H and O–H groups in total. The van der Waals surface area contributed by atoms with Crippen LogP contribution in [0.5, 0.6) is 0 Å².